The molecule has 4 heteroatoms. The molecule has 0 saturated carbocycles. The molecule has 0 radical (unpaired) electrons. The summed E-state index contributed by atoms with van der Waals surface area (Å²) in [5, 5.41) is 1.33. The summed E-state index contributed by atoms with van der Waals surface area (Å²) in [4.78, 5) is 7.40. The SMILES string of the molecule is C1=NC=NC1.I.[Li][CH2]C(C)CC. The molecule has 0 aromatic carbocycles. The van der Waals surface area contributed by atoms with Crippen LogP contribution >= 0.6 is 24.0 Å². The van der Waals surface area contributed by atoms with Crippen molar-refractivity contribution < 1.29 is 0 Å². The van der Waals surface area contributed by atoms with E-state index in [0.717, 1.165) is 12.5 Å². The van der Waals surface area contributed by atoms with E-state index < -0.39 is 0 Å². The minimum atomic E-state index is 0. The molecule has 1 aliphatic heterocycles. The molecular weight excluding hydrogens is 258 g/mol. The molecule has 0 aromatic rings. The van der Waals surface area contributed by atoms with Gasteiger partial charge in [0.25, 0.3) is 0 Å². The van der Waals surface area contributed by atoms with E-state index in [1.54, 1.807) is 12.6 Å². The summed E-state index contributed by atoms with van der Waals surface area (Å²) < 4.78 is 0. The molecule has 0 saturated heterocycles. The van der Waals surface area contributed by atoms with Crippen molar-refractivity contribution in [1.29, 1.82) is 0 Å². The fourth-order valence-electron chi connectivity index (χ4n) is 0.524. The summed E-state index contributed by atoms with van der Waals surface area (Å²) in [5.41, 5.74) is 0. The molecule has 0 amide bonds. The Bertz CT molecular complexity index is 123. The Morgan fingerprint density at radius 3 is 2.33 bits per heavy atom. The van der Waals surface area contributed by atoms with Crippen LogP contribution in [0, 0.1) is 5.92 Å². The fourth-order valence-corrected chi connectivity index (χ4v) is 0.524. The zero-order valence-corrected chi connectivity index (χ0v) is 10.5. The van der Waals surface area contributed by atoms with Gasteiger partial charge in [-0.3, -0.25) is 4.99 Å². The van der Waals surface area contributed by atoms with E-state index in [4.69, 9.17) is 0 Å². The second-order valence-corrected chi connectivity index (χ2v) is 2.73. The predicted octanol–water partition coefficient (Wildman–Crippen LogP) is 2.34. The van der Waals surface area contributed by atoms with Crippen LogP contribution in [0.5, 0.6) is 0 Å². The monoisotopic (exact) mass is 274 g/mol. The zero-order chi connectivity index (χ0) is 8.53. The van der Waals surface area contributed by atoms with Crippen LogP contribution in [0.3, 0.4) is 0 Å². The molecule has 0 aliphatic carbocycles. The van der Waals surface area contributed by atoms with E-state index >= 15 is 0 Å². The number of hydrogen-bond donors (Lipinski definition) is 0. The van der Waals surface area contributed by atoms with E-state index in [-0.39, 0.29) is 24.0 Å². The van der Waals surface area contributed by atoms with Gasteiger partial charge in [0.2, 0.25) is 0 Å². The molecule has 66 valence electrons. The van der Waals surface area contributed by atoms with Crippen molar-refractivity contribution in [3.8, 4) is 0 Å². The second-order valence-electron chi connectivity index (χ2n) is 2.73. The van der Waals surface area contributed by atoms with E-state index in [1.165, 1.54) is 11.5 Å². The third-order valence-corrected chi connectivity index (χ3v) is 1.83. The molecular formula is C8H16ILiN2. The van der Waals surface area contributed by atoms with Crippen molar-refractivity contribution in [2.45, 2.75) is 25.4 Å². The number of halogens is 1. The molecule has 0 aromatic heterocycles. The summed E-state index contributed by atoms with van der Waals surface area (Å²) in [6.45, 7) is 5.29. The van der Waals surface area contributed by atoms with Crippen LogP contribution in [0.25, 0.3) is 0 Å². The van der Waals surface area contributed by atoms with E-state index in [2.05, 4.69) is 41.5 Å². The summed E-state index contributed by atoms with van der Waals surface area (Å²) in [7, 11) is 0. The zero-order valence-electron chi connectivity index (χ0n) is 8.16. The van der Waals surface area contributed by atoms with Crippen LogP contribution in [-0.4, -0.2) is 36.8 Å². The van der Waals surface area contributed by atoms with Gasteiger partial charge in [-0.1, -0.05) is 0 Å². The number of rotatable bonds is 2. The summed E-state index contributed by atoms with van der Waals surface area (Å²) in [5.74, 6) is 0.935. The van der Waals surface area contributed by atoms with Gasteiger partial charge in [0.1, 0.15) is 6.34 Å². The molecule has 0 fully saturated rings. The quantitative estimate of drug-likeness (QED) is 0.545. The van der Waals surface area contributed by atoms with Crippen molar-refractivity contribution in [1.82, 2.24) is 0 Å². The van der Waals surface area contributed by atoms with Gasteiger partial charge < -0.3 is 0 Å². The minimum absolute atomic E-state index is 0. The maximum absolute atomic E-state index is 3.74. The van der Waals surface area contributed by atoms with Crippen LogP contribution in [0.1, 0.15) is 20.3 Å². The second kappa shape index (κ2) is 11.7. The van der Waals surface area contributed by atoms with Crippen molar-refractivity contribution in [3.05, 3.63) is 0 Å². The van der Waals surface area contributed by atoms with Crippen LogP contribution in [0.15, 0.2) is 9.98 Å². The Kier molecular flexibility index (Phi) is 14.7. The molecule has 1 unspecified atom stereocenters. The molecule has 1 aliphatic rings. The molecule has 2 nitrogen and oxygen atoms in total. The van der Waals surface area contributed by atoms with Crippen LogP contribution < -0.4 is 0 Å². The standard InChI is InChI=1S/C5H11.C3H4N2.HI.Li/c1-4-5(2)3;1-2-5-3-4-1;;/h5H,2,4H2,1,3H3;1,3H,2H2;1H;. The first-order valence-corrected chi connectivity index (χ1v) is 4.31. The molecule has 0 spiro atoms. The first kappa shape index (κ1) is 15.2. The van der Waals surface area contributed by atoms with Gasteiger partial charge in [0, 0.05) is 6.21 Å². The van der Waals surface area contributed by atoms with Gasteiger partial charge in [-0.15, -0.1) is 24.0 Å². The van der Waals surface area contributed by atoms with Crippen LogP contribution in [-0.2, 0) is 0 Å². The third-order valence-electron chi connectivity index (χ3n) is 1.83. The number of nitrogens with zero attached hydrogens (tertiary/aromatic N) is 2. The number of aliphatic imine (C=N–C) groups is 2. The Labute approximate surface area is 102 Å². The first-order valence-electron chi connectivity index (χ1n) is 4.31. The van der Waals surface area contributed by atoms with Crippen LogP contribution in [0.4, 0.5) is 0 Å². The van der Waals surface area contributed by atoms with Crippen LogP contribution in [0.2, 0.25) is 5.09 Å². The predicted molar refractivity (Wildman–Crippen MR) is 67.3 cm³/mol. The molecule has 1 atom stereocenters. The van der Waals surface area contributed by atoms with Crippen molar-refractivity contribution in [2.24, 2.45) is 15.9 Å². The summed E-state index contributed by atoms with van der Waals surface area (Å²) >= 11 is 2.23. The fraction of sp³-hybridized carbons (Fsp3) is 0.750. The van der Waals surface area contributed by atoms with Gasteiger partial charge in [0.05, 0.1) is 6.54 Å². The van der Waals surface area contributed by atoms with Gasteiger partial charge in [-0.05, 0) is 0 Å². The summed E-state index contributed by atoms with van der Waals surface area (Å²) in [6, 6.07) is 0. The van der Waals surface area contributed by atoms with Crippen molar-refractivity contribution >= 4 is 54.2 Å². The molecule has 0 bridgehead atoms. The number of hydrogen-bond acceptors (Lipinski definition) is 2. The Morgan fingerprint density at radius 2 is 2.25 bits per heavy atom. The third kappa shape index (κ3) is 10.7. The Balaban J connectivity index is 0. The maximum atomic E-state index is 3.74. The van der Waals surface area contributed by atoms with Gasteiger partial charge in [-0.2, -0.15) is 0 Å². The van der Waals surface area contributed by atoms with E-state index in [0.29, 0.717) is 0 Å². The van der Waals surface area contributed by atoms with E-state index in [1.807, 2.05) is 0 Å². The topological polar surface area (TPSA) is 24.7 Å². The molecule has 1 rings (SSSR count). The van der Waals surface area contributed by atoms with Gasteiger partial charge in [-0.25, -0.2) is 4.99 Å². The van der Waals surface area contributed by atoms with E-state index in [9.17, 15) is 0 Å². The Morgan fingerprint density at radius 1 is 1.58 bits per heavy atom. The normalized spacial score (nSPS) is 14.7. The van der Waals surface area contributed by atoms with Crippen molar-refractivity contribution in [3.63, 3.8) is 0 Å². The molecule has 1 heterocycles. The average Bonchev–Trinajstić information content (AvgIpc) is 2.60. The van der Waals surface area contributed by atoms with Gasteiger partial charge in [0.15, 0.2) is 0 Å². The Hall–Kier alpha value is 0.667. The summed E-state index contributed by atoms with van der Waals surface area (Å²) in [6.07, 6.45) is 4.65. The molecule has 12 heavy (non-hydrogen) atoms. The average molecular weight is 274 g/mol. The molecule has 0 N–H and O–H groups in total. The van der Waals surface area contributed by atoms with Crippen molar-refractivity contribution in [2.75, 3.05) is 6.54 Å². The first-order chi connectivity index (χ1) is 5.31. The van der Waals surface area contributed by atoms with Gasteiger partial charge >= 0.3 is 49.0 Å².